The van der Waals surface area contributed by atoms with Gasteiger partial charge >= 0.3 is 0 Å². The zero-order chi connectivity index (χ0) is 10.7. The Labute approximate surface area is 88.4 Å². The van der Waals surface area contributed by atoms with E-state index in [2.05, 4.69) is 18.0 Å². The highest BCUT2D eigenvalue weighted by molar-refractivity contribution is 5.53. The van der Waals surface area contributed by atoms with Crippen molar-refractivity contribution >= 4 is 6.29 Å². The van der Waals surface area contributed by atoms with Crippen molar-refractivity contribution in [1.29, 1.82) is 0 Å². The molecular weight excluding hydrogens is 188 g/mol. The third kappa shape index (κ3) is 1.96. The zero-order valence-corrected chi connectivity index (χ0v) is 8.55. The van der Waals surface area contributed by atoms with Crippen molar-refractivity contribution in [2.24, 2.45) is 0 Å². The predicted octanol–water partition coefficient (Wildman–Crippen LogP) is 1.92. The van der Waals surface area contributed by atoms with Crippen molar-refractivity contribution in [3.8, 4) is 5.69 Å². The minimum absolute atomic E-state index is 0.374. The van der Waals surface area contributed by atoms with E-state index in [0.29, 0.717) is 6.42 Å². The fourth-order valence-electron chi connectivity index (χ4n) is 1.54. The van der Waals surface area contributed by atoms with Crippen LogP contribution in [0.3, 0.4) is 0 Å². The van der Waals surface area contributed by atoms with Gasteiger partial charge in [0.05, 0.1) is 12.0 Å². The van der Waals surface area contributed by atoms with Crippen molar-refractivity contribution in [3.63, 3.8) is 0 Å². The normalized spacial score (nSPS) is 10.2. The molecular formula is C12H12N2O. The summed E-state index contributed by atoms with van der Waals surface area (Å²) in [5.74, 6) is 0. The number of hydrogen-bond acceptors (Lipinski definition) is 2. The average molecular weight is 200 g/mol. The maximum atomic E-state index is 10.3. The van der Waals surface area contributed by atoms with Gasteiger partial charge in [0.2, 0.25) is 0 Å². The van der Waals surface area contributed by atoms with Crippen LogP contribution in [0.1, 0.15) is 11.3 Å². The minimum Gasteiger partial charge on any atom is -0.306 e. The lowest BCUT2D eigenvalue weighted by Crippen LogP contribution is -1.92. The first-order chi connectivity index (χ1) is 7.31. The first-order valence-electron chi connectivity index (χ1n) is 4.84. The third-order valence-corrected chi connectivity index (χ3v) is 2.32. The maximum Gasteiger partial charge on any atom is 0.125 e. The Kier molecular flexibility index (Phi) is 2.63. The number of para-hydroxylation sites is 1. The summed E-state index contributed by atoms with van der Waals surface area (Å²) < 4.78 is 1.94. The Balaban J connectivity index is 2.37. The summed E-state index contributed by atoms with van der Waals surface area (Å²) in [7, 11) is 0. The Morgan fingerprint density at radius 3 is 2.93 bits per heavy atom. The molecule has 3 nitrogen and oxygen atoms in total. The zero-order valence-electron chi connectivity index (χ0n) is 8.55. The second-order valence-corrected chi connectivity index (χ2v) is 3.43. The van der Waals surface area contributed by atoms with Crippen molar-refractivity contribution in [2.45, 2.75) is 13.3 Å². The van der Waals surface area contributed by atoms with E-state index in [-0.39, 0.29) is 0 Å². The van der Waals surface area contributed by atoms with Gasteiger partial charge in [0.1, 0.15) is 6.29 Å². The van der Waals surface area contributed by atoms with E-state index in [1.165, 1.54) is 5.56 Å². The van der Waals surface area contributed by atoms with Crippen LogP contribution in [0.25, 0.3) is 5.69 Å². The summed E-state index contributed by atoms with van der Waals surface area (Å²) in [6, 6.07) is 8.07. The lowest BCUT2D eigenvalue weighted by atomic mass is 10.2. The van der Waals surface area contributed by atoms with Crippen LogP contribution >= 0.6 is 0 Å². The molecule has 0 atom stereocenters. The van der Waals surface area contributed by atoms with Gasteiger partial charge in [0.25, 0.3) is 0 Å². The second-order valence-electron chi connectivity index (χ2n) is 3.43. The van der Waals surface area contributed by atoms with Crippen LogP contribution in [0, 0.1) is 6.92 Å². The number of carbonyl (C=O) groups is 1. The Hall–Kier alpha value is -1.90. The Bertz CT molecular complexity index is 474. The van der Waals surface area contributed by atoms with Gasteiger partial charge < -0.3 is 9.36 Å². The molecule has 0 saturated heterocycles. The summed E-state index contributed by atoms with van der Waals surface area (Å²) >= 11 is 0. The molecule has 1 aromatic heterocycles. The molecule has 0 bridgehead atoms. The van der Waals surface area contributed by atoms with Crippen LogP contribution in [0.5, 0.6) is 0 Å². The number of benzene rings is 1. The van der Waals surface area contributed by atoms with Crippen LogP contribution in [-0.4, -0.2) is 15.8 Å². The number of nitrogens with zero attached hydrogens (tertiary/aromatic N) is 2. The van der Waals surface area contributed by atoms with E-state index < -0.39 is 0 Å². The highest BCUT2D eigenvalue weighted by Gasteiger charge is 2.01. The van der Waals surface area contributed by atoms with Gasteiger partial charge in [-0.1, -0.05) is 18.2 Å². The average Bonchev–Trinajstić information content (AvgIpc) is 2.68. The molecule has 0 aliphatic carbocycles. The molecule has 2 aromatic rings. The van der Waals surface area contributed by atoms with Gasteiger partial charge in [0.15, 0.2) is 0 Å². The SMILES string of the molecule is Cc1ccccc1-n1cnc(CC=O)c1. The van der Waals surface area contributed by atoms with Crippen LogP contribution in [0.15, 0.2) is 36.8 Å². The molecule has 0 aliphatic rings. The molecule has 15 heavy (non-hydrogen) atoms. The largest absolute Gasteiger partial charge is 0.306 e. The van der Waals surface area contributed by atoms with Crippen molar-refractivity contribution in [3.05, 3.63) is 48.0 Å². The van der Waals surface area contributed by atoms with Gasteiger partial charge in [-0.3, -0.25) is 0 Å². The lowest BCUT2D eigenvalue weighted by Gasteiger charge is -2.04. The van der Waals surface area contributed by atoms with Gasteiger partial charge in [-0.2, -0.15) is 0 Å². The highest BCUT2D eigenvalue weighted by Crippen LogP contribution is 2.13. The van der Waals surface area contributed by atoms with E-state index in [1.54, 1.807) is 6.33 Å². The monoisotopic (exact) mass is 200 g/mol. The number of carbonyl (C=O) groups excluding carboxylic acids is 1. The molecule has 76 valence electrons. The smallest absolute Gasteiger partial charge is 0.125 e. The van der Waals surface area contributed by atoms with Crippen LogP contribution in [0.2, 0.25) is 0 Å². The number of aryl methyl sites for hydroxylation is 1. The number of imidazole rings is 1. The first-order valence-corrected chi connectivity index (χ1v) is 4.84. The number of aromatic nitrogens is 2. The van der Waals surface area contributed by atoms with Crippen molar-refractivity contribution < 1.29 is 4.79 Å². The number of hydrogen-bond donors (Lipinski definition) is 0. The Morgan fingerprint density at radius 2 is 2.20 bits per heavy atom. The van der Waals surface area contributed by atoms with Crippen molar-refractivity contribution in [1.82, 2.24) is 9.55 Å². The molecule has 0 fully saturated rings. The maximum absolute atomic E-state index is 10.3. The van der Waals surface area contributed by atoms with Gasteiger partial charge in [-0.05, 0) is 18.6 Å². The van der Waals surface area contributed by atoms with Crippen molar-refractivity contribution in [2.75, 3.05) is 0 Å². The molecule has 0 radical (unpaired) electrons. The topological polar surface area (TPSA) is 34.9 Å². The molecule has 2 rings (SSSR count). The summed E-state index contributed by atoms with van der Waals surface area (Å²) in [6.07, 6.45) is 4.86. The van der Waals surface area contributed by atoms with Gasteiger partial charge in [0, 0.05) is 18.3 Å². The summed E-state index contributed by atoms with van der Waals surface area (Å²) in [5.41, 5.74) is 3.09. The molecule has 0 unspecified atom stereocenters. The predicted molar refractivity (Wildman–Crippen MR) is 58.1 cm³/mol. The van der Waals surface area contributed by atoms with Crippen LogP contribution in [0.4, 0.5) is 0 Å². The van der Waals surface area contributed by atoms with E-state index in [9.17, 15) is 4.79 Å². The van der Waals surface area contributed by atoms with Gasteiger partial charge in [-0.15, -0.1) is 0 Å². The fraction of sp³-hybridized carbons (Fsp3) is 0.167. The molecule has 0 amide bonds. The summed E-state index contributed by atoms with van der Waals surface area (Å²) in [4.78, 5) is 14.5. The molecule has 0 aliphatic heterocycles. The van der Waals surface area contributed by atoms with E-state index in [4.69, 9.17) is 0 Å². The third-order valence-electron chi connectivity index (χ3n) is 2.32. The Morgan fingerprint density at radius 1 is 1.40 bits per heavy atom. The molecule has 3 heteroatoms. The van der Waals surface area contributed by atoms with E-state index >= 15 is 0 Å². The summed E-state index contributed by atoms with van der Waals surface area (Å²) in [5, 5.41) is 0. The highest BCUT2D eigenvalue weighted by atomic mass is 16.1. The summed E-state index contributed by atoms with van der Waals surface area (Å²) in [6.45, 7) is 2.05. The van der Waals surface area contributed by atoms with Crippen LogP contribution in [-0.2, 0) is 11.2 Å². The quantitative estimate of drug-likeness (QED) is 0.709. The molecule has 0 saturated carbocycles. The molecule has 0 spiro atoms. The van der Waals surface area contributed by atoms with Crippen LogP contribution < -0.4 is 0 Å². The van der Waals surface area contributed by atoms with E-state index in [0.717, 1.165) is 17.7 Å². The first kappa shape index (κ1) is 9.65. The number of rotatable bonds is 3. The lowest BCUT2D eigenvalue weighted by molar-refractivity contribution is -0.107. The number of aldehydes is 1. The van der Waals surface area contributed by atoms with E-state index in [1.807, 2.05) is 29.0 Å². The molecule has 1 heterocycles. The standard InChI is InChI=1S/C12H12N2O/c1-10-4-2-3-5-12(10)14-8-11(6-7-15)13-9-14/h2-5,7-9H,6H2,1H3. The fourth-order valence-corrected chi connectivity index (χ4v) is 1.54. The van der Waals surface area contributed by atoms with Gasteiger partial charge in [-0.25, -0.2) is 4.98 Å². The minimum atomic E-state index is 0.374. The second kappa shape index (κ2) is 4.09. The molecule has 0 N–H and O–H groups in total. The molecule has 1 aromatic carbocycles.